The lowest BCUT2D eigenvalue weighted by Crippen LogP contribution is -2.46. The predicted octanol–water partition coefficient (Wildman–Crippen LogP) is 4.66. The van der Waals surface area contributed by atoms with Crippen molar-refractivity contribution in [2.75, 3.05) is 57.9 Å². The van der Waals surface area contributed by atoms with Gasteiger partial charge in [-0.15, -0.1) is 0 Å². The van der Waals surface area contributed by atoms with Gasteiger partial charge in [0.25, 0.3) is 5.91 Å². The van der Waals surface area contributed by atoms with Crippen LogP contribution in [-0.4, -0.2) is 79.9 Å². The fraction of sp³-hybridized carbons (Fsp3) is 0.406. The second-order valence-corrected chi connectivity index (χ2v) is 11.3. The summed E-state index contributed by atoms with van der Waals surface area (Å²) in [5.74, 6) is 1.54. The number of rotatable bonds is 12. The normalized spacial score (nSPS) is 17.8. The number of carbonyl (C=O) groups excluding carboxylic acids is 1. The molecule has 41 heavy (non-hydrogen) atoms. The second kappa shape index (κ2) is 15.1. The van der Waals surface area contributed by atoms with E-state index in [9.17, 15) is 4.79 Å². The summed E-state index contributed by atoms with van der Waals surface area (Å²) in [5, 5.41) is 3.73. The molecule has 1 atom stereocenters. The number of amides is 1. The molecule has 3 heterocycles. The van der Waals surface area contributed by atoms with Crippen LogP contribution in [0.1, 0.15) is 40.0 Å². The number of aromatic nitrogens is 2. The maximum Gasteiger partial charge on any atom is 0.251 e. The van der Waals surface area contributed by atoms with Crippen molar-refractivity contribution in [3.8, 4) is 0 Å². The number of thioether (sulfide) groups is 1. The zero-order chi connectivity index (χ0) is 28.3. The molecule has 0 spiro atoms. The van der Waals surface area contributed by atoms with E-state index in [1.54, 1.807) is 18.9 Å². The zero-order valence-corrected chi connectivity index (χ0v) is 24.5. The van der Waals surface area contributed by atoms with Crippen molar-refractivity contribution in [3.63, 3.8) is 0 Å². The number of nitrogens with one attached hydrogen (secondary N) is 1. The Bertz CT molecular complexity index is 1290. The molecule has 2 fully saturated rings. The first-order chi connectivity index (χ1) is 20.2. The van der Waals surface area contributed by atoms with Gasteiger partial charge in [0.1, 0.15) is 5.82 Å². The highest BCUT2D eigenvalue weighted by Crippen LogP contribution is 2.24. The minimum absolute atomic E-state index is 0.0670. The molecule has 8 nitrogen and oxygen atoms in total. The van der Waals surface area contributed by atoms with Crippen LogP contribution in [0.25, 0.3) is 6.08 Å². The fourth-order valence-corrected chi connectivity index (χ4v) is 5.85. The Labute approximate surface area is 247 Å². The first-order valence-corrected chi connectivity index (χ1v) is 15.3. The molecule has 0 bridgehead atoms. The SMILES string of the molecule is COCc1cc(N2CCN(C/C=C/c3ccccc3)CC2)nc(SCc2cccc(C(=O)NCC3CCCO3)c2)n1. The average Bonchev–Trinajstić information content (AvgIpc) is 3.54. The van der Waals surface area contributed by atoms with Crippen molar-refractivity contribution in [2.45, 2.75) is 36.5 Å². The van der Waals surface area contributed by atoms with Crippen LogP contribution in [0.3, 0.4) is 0 Å². The highest BCUT2D eigenvalue weighted by atomic mass is 32.2. The Kier molecular flexibility index (Phi) is 10.8. The number of carbonyl (C=O) groups is 1. The summed E-state index contributed by atoms with van der Waals surface area (Å²) in [5.41, 5.74) is 3.81. The van der Waals surface area contributed by atoms with E-state index in [-0.39, 0.29) is 12.0 Å². The summed E-state index contributed by atoms with van der Waals surface area (Å²) >= 11 is 1.58. The molecule has 0 aliphatic carbocycles. The van der Waals surface area contributed by atoms with Gasteiger partial charge in [-0.3, -0.25) is 9.69 Å². The smallest absolute Gasteiger partial charge is 0.251 e. The minimum Gasteiger partial charge on any atom is -0.378 e. The van der Waals surface area contributed by atoms with Gasteiger partial charge in [0, 0.05) is 70.4 Å². The first kappa shape index (κ1) is 29.3. The van der Waals surface area contributed by atoms with Crippen molar-refractivity contribution < 1.29 is 14.3 Å². The summed E-state index contributed by atoms with van der Waals surface area (Å²) in [4.78, 5) is 27.1. The molecule has 1 aromatic heterocycles. The number of benzene rings is 2. The molecular weight excluding hydrogens is 534 g/mol. The molecule has 0 radical (unpaired) electrons. The van der Waals surface area contributed by atoms with Crippen molar-refractivity contribution in [1.82, 2.24) is 20.2 Å². The number of methoxy groups -OCH3 is 1. The number of piperazine rings is 1. The number of hydrogen-bond donors (Lipinski definition) is 1. The average molecular weight is 574 g/mol. The molecule has 1 N–H and O–H groups in total. The van der Waals surface area contributed by atoms with Crippen LogP contribution in [-0.2, 0) is 21.8 Å². The Balaban J connectivity index is 1.16. The van der Waals surface area contributed by atoms with E-state index in [1.807, 2.05) is 36.4 Å². The molecule has 3 aromatic rings. The highest BCUT2D eigenvalue weighted by molar-refractivity contribution is 7.98. The van der Waals surface area contributed by atoms with Gasteiger partial charge in [-0.05, 0) is 36.1 Å². The van der Waals surface area contributed by atoms with Crippen LogP contribution in [0, 0.1) is 0 Å². The highest BCUT2D eigenvalue weighted by Gasteiger charge is 2.20. The predicted molar refractivity (Wildman–Crippen MR) is 164 cm³/mol. The van der Waals surface area contributed by atoms with Gasteiger partial charge in [0.05, 0.1) is 18.4 Å². The lowest BCUT2D eigenvalue weighted by Gasteiger charge is -2.35. The first-order valence-electron chi connectivity index (χ1n) is 14.3. The van der Waals surface area contributed by atoms with E-state index in [2.05, 4.69) is 51.5 Å². The molecule has 2 aromatic carbocycles. The maximum absolute atomic E-state index is 12.7. The summed E-state index contributed by atoms with van der Waals surface area (Å²) in [7, 11) is 1.69. The summed E-state index contributed by atoms with van der Waals surface area (Å²) in [6.45, 7) is 6.50. The van der Waals surface area contributed by atoms with Gasteiger partial charge in [-0.2, -0.15) is 0 Å². The van der Waals surface area contributed by atoms with Gasteiger partial charge in [-0.1, -0.05) is 66.4 Å². The number of anilines is 1. The third-order valence-corrected chi connectivity index (χ3v) is 8.20. The van der Waals surface area contributed by atoms with E-state index in [0.29, 0.717) is 24.5 Å². The van der Waals surface area contributed by atoms with Crippen LogP contribution in [0.2, 0.25) is 0 Å². The van der Waals surface area contributed by atoms with Gasteiger partial charge >= 0.3 is 0 Å². The Morgan fingerprint density at radius 1 is 1.10 bits per heavy atom. The number of ether oxygens (including phenoxy) is 2. The molecular formula is C32H39N5O3S. The minimum atomic E-state index is -0.0670. The van der Waals surface area contributed by atoms with E-state index in [0.717, 1.165) is 74.4 Å². The number of nitrogens with zero attached hydrogens (tertiary/aromatic N) is 4. The Morgan fingerprint density at radius 3 is 2.73 bits per heavy atom. The van der Waals surface area contributed by atoms with Crippen LogP contribution >= 0.6 is 11.8 Å². The topological polar surface area (TPSA) is 79.8 Å². The lowest BCUT2D eigenvalue weighted by atomic mass is 10.1. The monoisotopic (exact) mass is 573 g/mol. The van der Waals surface area contributed by atoms with Gasteiger partial charge in [-0.25, -0.2) is 9.97 Å². The quantitative estimate of drug-likeness (QED) is 0.248. The Morgan fingerprint density at radius 2 is 1.95 bits per heavy atom. The molecule has 9 heteroatoms. The van der Waals surface area contributed by atoms with E-state index in [4.69, 9.17) is 19.4 Å². The van der Waals surface area contributed by atoms with Gasteiger partial charge in [0.2, 0.25) is 0 Å². The lowest BCUT2D eigenvalue weighted by molar-refractivity contribution is 0.0857. The largest absolute Gasteiger partial charge is 0.378 e. The molecule has 1 amide bonds. The number of hydrogen-bond acceptors (Lipinski definition) is 8. The van der Waals surface area contributed by atoms with Crippen molar-refractivity contribution in [1.29, 1.82) is 0 Å². The summed E-state index contributed by atoms with van der Waals surface area (Å²) in [6.07, 6.45) is 6.62. The van der Waals surface area contributed by atoms with Crippen LogP contribution in [0.15, 0.2) is 71.9 Å². The Hall–Kier alpha value is -3.24. The maximum atomic E-state index is 12.7. The molecule has 5 rings (SSSR count). The summed E-state index contributed by atoms with van der Waals surface area (Å²) in [6, 6.07) is 20.2. The van der Waals surface area contributed by atoms with E-state index in [1.165, 1.54) is 5.56 Å². The van der Waals surface area contributed by atoms with Crippen LogP contribution in [0.4, 0.5) is 5.82 Å². The van der Waals surface area contributed by atoms with Gasteiger partial charge < -0.3 is 19.7 Å². The molecule has 216 valence electrons. The molecule has 0 saturated carbocycles. The second-order valence-electron chi connectivity index (χ2n) is 10.4. The molecule has 1 unspecified atom stereocenters. The van der Waals surface area contributed by atoms with Crippen molar-refractivity contribution >= 4 is 29.6 Å². The molecule has 2 aliphatic rings. The van der Waals surface area contributed by atoms with E-state index < -0.39 is 0 Å². The third-order valence-electron chi connectivity index (χ3n) is 7.28. The van der Waals surface area contributed by atoms with Crippen LogP contribution in [0.5, 0.6) is 0 Å². The third kappa shape index (κ3) is 8.87. The van der Waals surface area contributed by atoms with Crippen LogP contribution < -0.4 is 10.2 Å². The molecule has 2 aliphatic heterocycles. The van der Waals surface area contributed by atoms with Crippen molar-refractivity contribution in [2.24, 2.45) is 0 Å². The van der Waals surface area contributed by atoms with Gasteiger partial charge in [0.15, 0.2) is 5.16 Å². The van der Waals surface area contributed by atoms with Crippen molar-refractivity contribution in [3.05, 3.63) is 89.1 Å². The standard InChI is InChI=1S/C32H39N5O3S/c1-39-23-28-21-30(37-17-15-36(16-18-37)14-6-11-25-8-3-2-4-9-25)35-32(34-28)41-24-26-10-5-12-27(20-26)31(38)33-22-29-13-7-19-40-29/h2-6,8-12,20-21,29H,7,13-19,22-24H2,1H3,(H,33,38)/b11-6+. The zero-order valence-electron chi connectivity index (χ0n) is 23.7. The fourth-order valence-electron chi connectivity index (χ4n) is 5.03. The van der Waals surface area contributed by atoms with E-state index >= 15 is 0 Å². The summed E-state index contributed by atoms with van der Waals surface area (Å²) < 4.78 is 11.0. The molecule has 2 saturated heterocycles.